The lowest BCUT2D eigenvalue weighted by molar-refractivity contribution is -0.151. The number of alkyl halides is 3. The average Bonchev–Trinajstić information content (AvgIpc) is 2.40. The average molecular weight is 300 g/mol. The molecule has 0 radical (unpaired) electrons. The summed E-state index contributed by atoms with van der Waals surface area (Å²) in [4.78, 5) is 13.2. The van der Waals surface area contributed by atoms with E-state index >= 15 is 0 Å². The van der Waals surface area contributed by atoms with E-state index in [1.54, 1.807) is 6.92 Å². The number of carbonyl (C=O) groups is 1. The summed E-state index contributed by atoms with van der Waals surface area (Å²) in [5.41, 5.74) is -2.42. The van der Waals surface area contributed by atoms with E-state index in [1.165, 1.54) is 17.0 Å². The normalized spacial score (nSPS) is 11.1. The zero-order valence-electron chi connectivity index (χ0n) is 11.6. The van der Waals surface area contributed by atoms with Crippen LogP contribution >= 0.6 is 0 Å². The van der Waals surface area contributed by atoms with Crippen molar-refractivity contribution >= 4 is 5.91 Å². The van der Waals surface area contributed by atoms with Crippen LogP contribution < -0.4 is 0 Å². The van der Waals surface area contributed by atoms with Crippen molar-refractivity contribution in [3.63, 3.8) is 0 Å². The topological polar surface area (TPSA) is 91.7 Å². The van der Waals surface area contributed by atoms with Crippen molar-refractivity contribution in [1.29, 1.82) is 15.8 Å². The van der Waals surface area contributed by atoms with Gasteiger partial charge in [0, 0.05) is 13.1 Å². The Balaban J connectivity index is 5.08. The van der Waals surface area contributed by atoms with Crippen LogP contribution in [0.1, 0.15) is 32.6 Å². The second kappa shape index (κ2) is 8.11. The standard InChI is InChI=1S/C13H15F3N4O/c1-2-5-20(6-3-4-17)11(21)7-12(9-18,10-19)8-13(14,15)16/h2-3,5-8H2,1H3. The number of hydrogen-bond donors (Lipinski definition) is 0. The summed E-state index contributed by atoms with van der Waals surface area (Å²) in [5.74, 6) is -0.723. The predicted octanol–water partition coefficient (Wildman–Crippen LogP) is 2.51. The van der Waals surface area contributed by atoms with Crippen LogP contribution in [0.5, 0.6) is 0 Å². The summed E-state index contributed by atoms with van der Waals surface area (Å²) in [6.07, 6.45) is -6.60. The van der Waals surface area contributed by atoms with Crippen molar-refractivity contribution in [2.24, 2.45) is 5.41 Å². The van der Waals surface area contributed by atoms with Gasteiger partial charge in [0.2, 0.25) is 5.91 Å². The molecular weight excluding hydrogens is 285 g/mol. The molecule has 0 aliphatic rings. The molecule has 0 unspecified atom stereocenters. The number of rotatable bonds is 7. The van der Waals surface area contributed by atoms with Gasteiger partial charge in [0.15, 0.2) is 5.41 Å². The number of halogens is 3. The minimum atomic E-state index is -4.71. The highest BCUT2D eigenvalue weighted by Gasteiger charge is 2.45. The summed E-state index contributed by atoms with van der Waals surface area (Å²) >= 11 is 0. The monoisotopic (exact) mass is 300 g/mol. The van der Waals surface area contributed by atoms with Gasteiger partial charge in [0.1, 0.15) is 0 Å². The second-order valence-corrected chi connectivity index (χ2v) is 4.56. The van der Waals surface area contributed by atoms with Crippen molar-refractivity contribution in [2.45, 2.75) is 38.8 Å². The Hall–Kier alpha value is -2.27. The fraction of sp³-hybridized carbons (Fsp3) is 0.692. The minimum Gasteiger partial charge on any atom is -0.342 e. The molecule has 21 heavy (non-hydrogen) atoms. The Labute approximate surface area is 121 Å². The van der Waals surface area contributed by atoms with Gasteiger partial charge < -0.3 is 4.90 Å². The SMILES string of the molecule is CCCN(CCC#N)C(=O)CC(C#N)(C#N)CC(F)(F)F. The highest BCUT2D eigenvalue weighted by molar-refractivity contribution is 5.78. The van der Waals surface area contributed by atoms with Crippen LogP contribution in [0.2, 0.25) is 0 Å². The Kier molecular flexibility index (Phi) is 7.24. The van der Waals surface area contributed by atoms with Gasteiger partial charge in [-0.2, -0.15) is 29.0 Å². The molecule has 5 nitrogen and oxygen atoms in total. The molecule has 0 bridgehead atoms. The lowest BCUT2D eigenvalue weighted by Gasteiger charge is -2.25. The summed E-state index contributed by atoms with van der Waals surface area (Å²) in [6.45, 7) is 2.10. The van der Waals surface area contributed by atoms with E-state index in [4.69, 9.17) is 15.8 Å². The number of carbonyl (C=O) groups excluding carboxylic acids is 1. The Morgan fingerprint density at radius 1 is 1.14 bits per heavy atom. The minimum absolute atomic E-state index is 0.0388. The maximum absolute atomic E-state index is 12.5. The Morgan fingerprint density at radius 3 is 2.10 bits per heavy atom. The van der Waals surface area contributed by atoms with E-state index in [1.807, 2.05) is 6.07 Å². The summed E-state index contributed by atoms with van der Waals surface area (Å²) < 4.78 is 37.4. The van der Waals surface area contributed by atoms with Gasteiger partial charge in [-0.05, 0) is 6.42 Å². The molecule has 0 fully saturated rings. The first kappa shape index (κ1) is 18.7. The fourth-order valence-corrected chi connectivity index (χ4v) is 1.77. The van der Waals surface area contributed by atoms with Crippen molar-refractivity contribution in [1.82, 2.24) is 4.90 Å². The molecule has 114 valence electrons. The van der Waals surface area contributed by atoms with Gasteiger partial charge in [-0.3, -0.25) is 4.79 Å². The zero-order valence-corrected chi connectivity index (χ0v) is 11.6. The molecule has 0 aromatic heterocycles. The molecule has 0 aromatic rings. The molecule has 0 aromatic carbocycles. The van der Waals surface area contributed by atoms with Gasteiger partial charge in [-0.25, -0.2) is 0 Å². The molecule has 0 aliphatic carbocycles. The number of hydrogen-bond acceptors (Lipinski definition) is 4. The summed E-state index contributed by atoms with van der Waals surface area (Å²) in [6, 6.07) is 4.46. The second-order valence-electron chi connectivity index (χ2n) is 4.56. The van der Waals surface area contributed by atoms with E-state index in [0.717, 1.165) is 0 Å². The van der Waals surface area contributed by atoms with E-state index < -0.39 is 30.3 Å². The van der Waals surface area contributed by atoms with Gasteiger partial charge in [0.05, 0.1) is 37.5 Å². The molecule has 8 heteroatoms. The van der Waals surface area contributed by atoms with E-state index in [2.05, 4.69) is 0 Å². The third-order valence-electron chi connectivity index (χ3n) is 2.72. The predicted molar refractivity (Wildman–Crippen MR) is 66.0 cm³/mol. The Morgan fingerprint density at radius 2 is 1.71 bits per heavy atom. The van der Waals surface area contributed by atoms with Gasteiger partial charge >= 0.3 is 6.18 Å². The van der Waals surface area contributed by atoms with E-state index in [9.17, 15) is 18.0 Å². The van der Waals surface area contributed by atoms with Gasteiger partial charge in [-0.15, -0.1) is 0 Å². The van der Waals surface area contributed by atoms with Crippen molar-refractivity contribution in [3.05, 3.63) is 0 Å². The third kappa shape index (κ3) is 6.63. The highest BCUT2D eigenvalue weighted by Crippen LogP contribution is 2.36. The quantitative estimate of drug-likeness (QED) is 0.722. The molecule has 0 N–H and O–H groups in total. The molecule has 0 atom stereocenters. The maximum atomic E-state index is 12.5. The maximum Gasteiger partial charge on any atom is 0.391 e. The number of nitrogens with zero attached hydrogens (tertiary/aromatic N) is 4. The molecule has 0 heterocycles. The lowest BCUT2D eigenvalue weighted by Crippen LogP contribution is -2.38. The van der Waals surface area contributed by atoms with Crippen molar-refractivity contribution in [2.75, 3.05) is 13.1 Å². The molecular formula is C13H15F3N4O. The van der Waals surface area contributed by atoms with E-state index in [-0.39, 0.29) is 19.5 Å². The Bertz CT molecular complexity index is 468. The van der Waals surface area contributed by atoms with Crippen molar-refractivity contribution in [3.8, 4) is 18.2 Å². The molecule has 0 spiro atoms. The molecule has 0 aliphatic heterocycles. The first-order valence-electron chi connectivity index (χ1n) is 6.27. The smallest absolute Gasteiger partial charge is 0.342 e. The first-order valence-corrected chi connectivity index (χ1v) is 6.27. The van der Waals surface area contributed by atoms with E-state index in [0.29, 0.717) is 6.42 Å². The fourth-order valence-electron chi connectivity index (χ4n) is 1.77. The lowest BCUT2D eigenvalue weighted by atomic mass is 9.83. The molecule has 0 rings (SSSR count). The van der Waals surface area contributed by atoms with Crippen LogP contribution in [0.4, 0.5) is 13.2 Å². The van der Waals surface area contributed by atoms with Crippen LogP contribution in [-0.2, 0) is 4.79 Å². The molecule has 0 saturated heterocycles. The third-order valence-corrected chi connectivity index (χ3v) is 2.72. The van der Waals surface area contributed by atoms with Crippen LogP contribution in [0.3, 0.4) is 0 Å². The van der Waals surface area contributed by atoms with Crippen LogP contribution in [0.25, 0.3) is 0 Å². The largest absolute Gasteiger partial charge is 0.391 e. The van der Waals surface area contributed by atoms with Crippen LogP contribution in [-0.4, -0.2) is 30.1 Å². The first-order chi connectivity index (χ1) is 9.73. The molecule has 0 saturated carbocycles. The van der Waals surface area contributed by atoms with Crippen LogP contribution in [0.15, 0.2) is 0 Å². The van der Waals surface area contributed by atoms with Gasteiger partial charge in [-0.1, -0.05) is 6.92 Å². The highest BCUT2D eigenvalue weighted by atomic mass is 19.4. The summed E-state index contributed by atoms with van der Waals surface area (Å²) in [5, 5.41) is 26.3. The van der Waals surface area contributed by atoms with Crippen molar-refractivity contribution < 1.29 is 18.0 Å². The van der Waals surface area contributed by atoms with Gasteiger partial charge in [0.25, 0.3) is 0 Å². The number of amides is 1. The molecule has 1 amide bonds. The number of nitriles is 3. The summed E-state index contributed by atoms with van der Waals surface area (Å²) in [7, 11) is 0. The zero-order chi connectivity index (χ0) is 16.5. The van der Waals surface area contributed by atoms with Crippen LogP contribution in [0, 0.1) is 39.4 Å².